The van der Waals surface area contributed by atoms with Gasteiger partial charge in [0.1, 0.15) is 0 Å². The van der Waals surface area contributed by atoms with Crippen LogP contribution in [-0.4, -0.2) is 25.9 Å². The first-order chi connectivity index (χ1) is 8.59. The van der Waals surface area contributed by atoms with Crippen LogP contribution in [0.2, 0.25) is 0 Å². The van der Waals surface area contributed by atoms with Crippen molar-refractivity contribution in [2.45, 2.75) is 52.2 Å². The number of rotatable bonds is 10. The first-order valence-corrected chi connectivity index (χ1v) is 9.13. The van der Waals surface area contributed by atoms with Crippen LogP contribution in [0.3, 0.4) is 0 Å². The summed E-state index contributed by atoms with van der Waals surface area (Å²) in [6.07, 6.45) is 1.65. The first kappa shape index (κ1) is 19.2. The van der Waals surface area contributed by atoms with Crippen molar-refractivity contribution in [3.8, 4) is 0 Å². The fourth-order valence-corrected chi connectivity index (χ4v) is 2.76. The van der Waals surface area contributed by atoms with Crippen molar-refractivity contribution in [3.63, 3.8) is 0 Å². The minimum atomic E-state index is -4.89. The van der Waals surface area contributed by atoms with E-state index in [-0.39, 0.29) is 0 Å². The van der Waals surface area contributed by atoms with Gasteiger partial charge in [-0.25, -0.2) is 9.13 Å². The Bertz CT molecular complexity index is 311. The van der Waals surface area contributed by atoms with Gasteiger partial charge in [-0.05, 0) is 12.8 Å². The maximum Gasteiger partial charge on any atom is 0.471 e. The summed E-state index contributed by atoms with van der Waals surface area (Å²) in [6, 6.07) is 0. The van der Waals surface area contributed by atoms with Crippen molar-refractivity contribution in [2.24, 2.45) is 5.92 Å². The van der Waals surface area contributed by atoms with E-state index in [0.29, 0.717) is 19.3 Å². The van der Waals surface area contributed by atoms with Crippen LogP contribution in [0.25, 0.3) is 0 Å². The van der Waals surface area contributed by atoms with Gasteiger partial charge >= 0.3 is 15.6 Å². The largest absolute Gasteiger partial charge is 0.471 e. The molecule has 116 valence electrons. The molecule has 0 fully saturated rings. The fraction of sp³-hybridized carbons (Fsp3) is 1.00. The summed E-state index contributed by atoms with van der Waals surface area (Å²) < 4.78 is 30.5. The molecule has 19 heavy (non-hydrogen) atoms. The predicted octanol–water partition coefficient (Wildman–Crippen LogP) is 2.14. The van der Waals surface area contributed by atoms with Gasteiger partial charge in [0.25, 0.3) is 0 Å². The van der Waals surface area contributed by atoms with Gasteiger partial charge in [0.15, 0.2) is 6.29 Å². The fourth-order valence-electron chi connectivity index (χ4n) is 1.72. The van der Waals surface area contributed by atoms with Crippen LogP contribution in [0, 0.1) is 5.92 Å². The lowest BCUT2D eigenvalue weighted by molar-refractivity contribution is -0.0761. The molecule has 0 amide bonds. The zero-order valence-electron chi connectivity index (χ0n) is 11.0. The van der Waals surface area contributed by atoms with Crippen molar-refractivity contribution >= 4 is 15.6 Å². The van der Waals surface area contributed by atoms with Crippen molar-refractivity contribution in [3.05, 3.63) is 0 Å². The molecule has 1 atom stereocenters. The molecule has 1 unspecified atom stereocenters. The molecule has 0 aromatic rings. The van der Waals surface area contributed by atoms with Crippen LogP contribution in [0.15, 0.2) is 0 Å². The Kier molecular flexibility index (Phi) is 8.59. The van der Waals surface area contributed by atoms with E-state index in [9.17, 15) is 9.13 Å². The molecule has 0 saturated carbocycles. The summed E-state index contributed by atoms with van der Waals surface area (Å²) in [4.78, 5) is 35.1. The van der Waals surface area contributed by atoms with Crippen LogP contribution in [-0.2, 0) is 18.2 Å². The topological polar surface area (TPSA) is 134 Å². The Labute approximate surface area is 112 Å². The van der Waals surface area contributed by atoms with E-state index < -0.39 is 27.9 Å². The minimum absolute atomic E-state index is 0.481. The summed E-state index contributed by atoms with van der Waals surface area (Å²) in [7, 11) is -9.77. The van der Waals surface area contributed by atoms with Gasteiger partial charge in [-0.3, -0.25) is 9.05 Å². The van der Waals surface area contributed by atoms with Crippen LogP contribution in [0.4, 0.5) is 0 Å². The highest BCUT2D eigenvalue weighted by Crippen LogP contribution is 2.47. The van der Waals surface area contributed by atoms with E-state index in [1.165, 1.54) is 0 Å². The minimum Gasteiger partial charge on any atom is -0.303 e. The van der Waals surface area contributed by atoms with Gasteiger partial charge < -0.3 is 19.6 Å². The summed E-state index contributed by atoms with van der Waals surface area (Å²) in [5.74, 6) is -0.481. The average molecular weight is 320 g/mol. The van der Waals surface area contributed by atoms with Gasteiger partial charge in [0.2, 0.25) is 0 Å². The monoisotopic (exact) mass is 320 g/mol. The summed E-state index contributed by atoms with van der Waals surface area (Å²) in [5, 5.41) is 0. The smallest absolute Gasteiger partial charge is 0.303 e. The number of phosphoric ester groups is 2. The van der Waals surface area contributed by atoms with Crippen molar-refractivity contribution in [1.29, 1.82) is 0 Å². The normalized spacial score (nSPS) is 14.9. The SMILES string of the molecule is CCCCC(CCC)C(OP(=O)(O)O)OP(=O)(O)O. The second-order valence-electron chi connectivity index (χ2n) is 4.25. The summed E-state index contributed by atoms with van der Waals surface area (Å²) in [5.41, 5.74) is 0. The lowest BCUT2D eigenvalue weighted by Gasteiger charge is -2.27. The van der Waals surface area contributed by atoms with E-state index in [2.05, 4.69) is 9.05 Å². The molecule has 0 aliphatic rings. The molecular formula is C9H22O8P2. The third kappa shape index (κ3) is 10.6. The molecule has 8 nitrogen and oxygen atoms in total. The van der Waals surface area contributed by atoms with Gasteiger partial charge in [-0.15, -0.1) is 0 Å². The molecule has 0 spiro atoms. The summed E-state index contributed by atoms with van der Waals surface area (Å²) >= 11 is 0. The number of phosphoric acid groups is 2. The quantitative estimate of drug-likeness (QED) is 0.355. The Morgan fingerprint density at radius 1 is 0.895 bits per heavy atom. The molecule has 0 saturated heterocycles. The van der Waals surface area contributed by atoms with Crippen LogP contribution in [0.1, 0.15) is 46.0 Å². The van der Waals surface area contributed by atoms with Crippen molar-refractivity contribution in [2.75, 3.05) is 0 Å². The molecule has 0 heterocycles. The third-order valence-electron chi connectivity index (χ3n) is 2.46. The van der Waals surface area contributed by atoms with E-state index in [1.807, 2.05) is 13.8 Å². The third-order valence-corrected chi connectivity index (χ3v) is 3.42. The number of hydrogen-bond acceptors (Lipinski definition) is 4. The highest BCUT2D eigenvalue weighted by molar-refractivity contribution is 7.47. The maximum absolute atomic E-state index is 10.8. The van der Waals surface area contributed by atoms with E-state index in [4.69, 9.17) is 19.6 Å². The Hall–Kier alpha value is 0.220. The lowest BCUT2D eigenvalue weighted by Crippen LogP contribution is -2.25. The number of hydrogen-bond donors (Lipinski definition) is 4. The molecule has 0 rings (SSSR count). The molecule has 0 aromatic carbocycles. The van der Waals surface area contributed by atoms with Gasteiger partial charge in [-0.1, -0.05) is 33.1 Å². The average Bonchev–Trinajstić information content (AvgIpc) is 2.19. The first-order valence-electron chi connectivity index (χ1n) is 6.07. The standard InChI is InChI=1S/C9H22O8P2/c1-3-5-7-8(6-4-2)9(16-18(10,11)12)17-19(13,14)15/h8-9H,3-7H2,1-2H3,(H2,10,11,12)(H2,13,14,15). The lowest BCUT2D eigenvalue weighted by atomic mass is 9.97. The predicted molar refractivity (Wildman–Crippen MR) is 68.0 cm³/mol. The second kappa shape index (κ2) is 8.49. The van der Waals surface area contributed by atoms with E-state index in [1.54, 1.807) is 0 Å². The zero-order valence-corrected chi connectivity index (χ0v) is 12.8. The Balaban J connectivity index is 4.91. The van der Waals surface area contributed by atoms with E-state index in [0.717, 1.165) is 12.8 Å². The van der Waals surface area contributed by atoms with Gasteiger partial charge in [0, 0.05) is 5.92 Å². The molecular weight excluding hydrogens is 298 g/mol. The maximum atomic E-state index is 10.8. The zero-order chi connectivity index (χ0) is 15.1. The van der Waals surface area contributed by atoms with Crippen LogP contribution >= 0.6 is 15.6 Å². The van der Waals surface area contributed by atoms with Gasteiger partial charge in [-0.2, -0.15) is 0 Å². The molecule has 0 aliphatic heterocycles. The van der Waals surface area contributed by atoms with Crippen molar-refractivity contribution < 1.29 is 37.8 Å². The van der Waals surface area contributed by atoms with Crippen LogP contribution < -0.4 is 0 Å². The highest BCUT2D eigenvalue weighted by atomic mass is 31.2. The van der Waals surface area contributed by atoms with Crippen molar-refractivity contribution in [1.82, 2.24) is 0 Å². The molecule has 4 N–H and O–H groups in total. The van der Waals surface area contributed by atoms with E-state index >= 15 is 0 Å². The van der Waals surface area contributed by atoms with Crippen LogP contribution in [0.5, 0.6) is 0 Å². The molecule has 10 heteroatoms. The molecule has 0 radical (unpaired) electrons. The molecule has 0 aliphatic carbocycles. The summed E-state index contributed by atoms with van der Waals surface area (Å²) in [6.45, 7) is 3.79. The molecule has 0 aromatic heterocycles. The second-order valence-corrected chi connectivity index (χ2v) is 6.64. The van der Waals surface area contributed by atoms with Gasteiger partial charge in [0.05, 0.1) is 0 Å². The molecule has 0 bridgehead atoms. The Morgan fingerprint density at radius 3 is 1.68 bits per heavy atom. The Morgan fingerprint density at radius 2 is 1.37 bits per heavy atom. The number of unbranched alkanes of at least 4 members (excludes halogenated alkanes) is 1. The highest BCUT2D eigenvalue weighted by Gasteiger charge is 2.34.